The van der Waals surface area contributed by atoms with Gasteiger partial charge in [0.1, 0.15) is 0 Å². The highest BCUT2D eigenvalue weighted by Gasteiger charge is 2.19. The molecule has 0 rings (SSSR count). The first-order chi connectivity index (χ1) is 8.43. The molecule has 0 spiro atoms. The summed E-state index contributed by atoms with van der Waals surface area (Å²) in [5.74, 6) is 0.450. The summed E-state index contributed by atoms with van der Waals surface area (Å²) >= 11 is 0. The van der Waals surface area contributed by atoms with Gasteiger partial charge in [-0.15, -0.1) is 0 Å². The Labute approximate surface area is 110 Å². The zero-order valence-corrected chi connectivity index (χ0v) is 12.1. The van der Waals surface area contributed by atoms with Crippen LogP contribution in [-0.4, -0.2) is 69.6 Å². The normalized spacial score (nSPS) is 11.7. The first kappa shape index (κ1) is 16.7. The molecule has 6 heteroatoms. The Kier molecular flexibility index (Phi) is 8.11. The Bertz CT molecular complexity index is 267. The van der Waals surface area contributed by atoms with Crippen molar-refractivity contribution in [2.45, 2.75) is 25.3 Å². The van der Waals surface area contributed by atoms with E-state index in [1.54, 1.807) is 0 Å². The molecule has 0 aliphatic rings. The van der Waals surface area contributed by atoms with Gasteiger partial charge in [0.05, 0.1) is 7.11 Å². The van der Waals surface area contributed by atoms with E-state index < -0.39 is 6.04 Å². The van der Waals surface area contributed by atoms with Crippen LogP contribution in [0.4, 0.5) is 0 Å². The number of carbonyl (C=O) groups is 1. The van der Waals surface area contributed by atoms with Crippen LogP contribution in [-0.2, 0) is 9.53 Å². The van der Waals surface area contributed by atoms with Crippen LogP contribution in [0.2, 0.25) is 0 Å². The molecule has 0 amide bonds. The van der Waals surface area contributed by atoms with Gasteiger partial charge in [-0.1, -0.05) is 0 Å². The summed E-state index contributed by atoms with van der Waals surface area (Å²) in [5, 5.41) is 0. The van der Waals surface area contributed by atoms with E-state index in [-0.39, 0.29) is 5.97 Å². The Morgan fingerprint density at radius 3 is 2.17 bits per heavy atom. The Hall–Kier alpha value is -1.30. The van der Waals surface area contributed by atoms with Gasteiger partial charge in [0, 0.05) is 28.2 Å². The van der Waals surface area contributed by atoms with E-state index in [1.807, 2.05) is 38.0 Å². The predicted octanol–water partition coefficient (Wildman–Crippen LogP) is 0.136. The van der Waals surface area contributed by atoms with E-state index in [1.165, 1.54) is 7.11 Å². The maximum Gasteiger partial charge on any atom is 0.330 e. The minimum Gasteiger partial charge on any atom is -0.467 e. The van der Waals surface area contributed by atoms with Crippen LogP contribution in [0, 0.1) is 0 Å². The molecule has 0 saturated heterocycles. The Balaban J connectivity index is 4.82. The maximum absolute atomic E-state index is 11.7. The molecular formula is C12H26N4O2. The average Bonchev–Trinajstić information content (AvgIpc) is 2.31. The second-order valence-corrected chi connectivity index (χ2v) is 4.54. The van der Waals surface area contributed by atoms with Crippen molar-refractivity contribution >= 4 is 11.9 Å². The number of carbonyl (C=O) groups excluding carboxylic acids is 1. The van der Waals surface area contributed by atoms with E-state index >= 15 is 0 Å². The molecule has 0 aromatic carbocycles. The third-order valence-electron chi connectivity index (χ3n) is 2.48. The molecule has 0 saturated carbocycles. The van der Waals surface area contributed by atoms with Crippen molar-refractivity contribution in [1.29, 1.82) is 0 Å². The van der Waals surface area contributed by atoms with Crippen LogP contribution in [0.5, 0.6) is 0 Å². The molecule has 106 valence electrons. The topological polar surface area (TPSA) is 71.2 Å². The van der Waals surface area contributed by atoms with E-state index in [9.17, 15) is 4.79 Å². The van der Waals surface area contributed by atoms with Crippen molar-refractivity contribution < 1.29 is 9.53 Å². The quantitative estimate of drug-likeness (QED) is 0.317. The van der Waals surface area contributed by atoms with Crippen LogP contribution < -0.4 is 5.73 Å². The highest BCUT2D eigenvalue weighted by Crippen LogP contribution is 2.08. The van der Waals surface area contributed by atoms with Gasteiger partial charge in [-0.25, -0.2) is 9.79 Å². The Morgan fingerprint density at radius 1 is 1.22 bits per heavy atom. The number of hydrogen-bond donors (Lipinski definition) is 1. The van der Waals surface area contributed by atoms with E-state index in [0.717, 1.165) is 18.8 Å². The third kappa shape index (κ3) is 5.86. The number of rotatable bonds is 6. The number of guanidine groups is 1. The lowest BCUT2D eigenvalue weighted by molar-refractivity contribution is -0.142. The number of nitrogens with zero attached hydrogens (tertiary/aromatic N) is 3. The summed E-state index contributed by atoms with van der Waals surface area (Å²) in [4.78, 5) is 19.9. The van der Waals surface area contributed by atoms with Gasteiger partial charge in [-0.05, 0) is 25.8 Å². The standard InChI is InChI=1S/C12H26N4O2/c1-15(2)12(16(3)4)14-10(11(17)18-5)8-6-7-9-13/h10H,6-9,13H2,1-5H3/t10-/m0/s1. The van der Waals surface area contributed by atoms with Crippen LogP contribution >= 0.6 is 0 Å². The fourth-order valence-electron chi connectivity index (χ4n) is 1.62. The van der Waals surface area contributed by atoms with Gasteiger partial charge >= 0.3 is 5.97 Å². The second-order valence-electron chi connectivity index (χ2n) is 4.54. The molecule has 0 aliphatic heterocycles. The number of unbranched alkanes of at least 4 members (excludes halogenated alkanes) is 1. The van der Waals surface area contributed by atoms with Crippen LogP contribution in [0.25, 0.3) is 0 Å². The first-order valence-electron chi connectivity index (χ1n) is 6.14. The molecule has 2 N–H and O–H groups in total. The van der Waals surface area contributed by atoms with Crippen molar-refractivity contribution in [1.82, 2.24) is 9.80 Å². The molecule has 6 nitrogen and oxygen atoms in total. The molecule has 0 heterocycles. The van der Waals surface area contributed by atoms with E-state index in [2.05, 4.69) is 4.99 Å². The first-order valence-corrected chi connectivity index (χ1v) is 6.14. The summed E-state index contributed by atoms with van der Waals surface area (Å²) in [7, 11) is 8.97. The summed E-state index contributed by atoms with van der Waals surface area (Å²) in [6.45, 7) is 0.631. The molecule has 0 fully saturated rings. The van der Waals surface area contributed by atoms with Crippen molar-refractivity contribution in [3.05, 3.63) is 0 Å². The van der Waals surface area contributed by atoms with E-state index in [0.29, 0.717) is 13.0 Å². The van der Waals surface area contributed by atoms with Crippen LogP contribution in [0.3, 0.4) is 0 Å². The van der Waals surface area contributed by atoms with Gasteiger partial charge in [-0.3, -0.25) is 0 Å². The highest BCUT2D eigenvalue weighted by atomic mass is 16.5. The molecule has 0 unspecified atom stereocenters. The van der Waals surface area contributed by atoms with Crippen LogP contribution in [0.15, 0.2) is 4.99 Å². The SMILES string of the molecule is COC(=O)[C@H](CCCCN)N=C(N(C)C)N(C)C. The van der Waals surface area contributed by atoms with Crippen molar-refractivity contribution in [2.75, 3.05) is 41.8 Å². The van der Waals surface area contributed by atoms with Crippen molar-refractivity contribution in [3.8, 4) is 0 Å². The zero-order valence-electron chi connectivity index (χ0n) is 12.1. The monoisotopic (exact) mass is 258 g/mol. The smallest absolute Gasteiger partial charge is 0.330 e. The largest absolute Gasteiger partial charge is 0.467 e. The molecule has 18 heavy (non-hydrogen) atoms. The van der Waals surface area contributed by atoms with Gasteiger partial charge < -0.3 is 20.3 Å². The van der Waals surface area contributed by atoms with E-state index in [4.69, 9.17) is 10.5 Å². The van der Waals surface area contributed by atoms with Crippen molar-refractivity contribution in [2.24, 2.45) is 10.7 Å². The molecule has 0 bridgehead atoms. The summed E-state index contributed by atoms with van der Waals surface area (Å²) < 4.78 is 4.79. The number of nitrogens with two attached hydrogens (primary N) is 1. The lowest BCUT2D eigenvalue weighted by Gasteiger charge is -2.24. The summed E-state index contributed by atoms with van der Waals surface area (Å²) in [5.41, 5.74) is 5.45. The zero-order chi connectivity index (χ0) is 14.1. The molecule has 0 aromatic heterocycles. The van der Waals surface area contributed by atoms with Crippen molar-refractivity contribution in [3.63, 3.8) is 0 Å². The van der Waals surface area contributed by atoms with Gasteiger partial charge in [0.25, 0.3) is 0 Å². The molecule has 1 atom stereocenters. The maximum atomic E-state index is 11.7. The molecule has 0 aromatic rings. The average molecular weight is 258 g/mol. The second kappa shape index (κ2) is 8.74. The molecular weight excluding hydrogens is 232 g/mol. The number of aliphatic imine (C=N–C) groups is 1. The molecule has 0 radical (unpaired) electrons. The fraction of sp³-hybridized carbons (Fsp3) is 0.833. The van der Waals surface area contributed by atoms with Gasteiger partial charge in [0.2, 0.25) is 0 Å². The van der Waals surface area contributed by atoms with Gasteiger partial charge in [-0.2, -0.15) is 0 Å². The lowest BCUT2D eigenvalue weighted by atomic mass is 10.1. The minimum absolute atomic E-state index is 0.298. The number of methoxy groups -OCH3 is 1. The molecule has 0 aliphatic carbocycles. The Morgan fingerprint density at radius 2 is 1.78 bits per heavy atom. The number of esters is 1. The fourth-order valence-corrected chi connectivity index (χ4v) is 1.62. The number of hydrogen-bond acceptors (Lipinski definition) is 4. The summed E-state index contributed by atoms with van der Waals surface area (Å²) in [6.07, 6.45) is 2.42. The summed E-state index contributed by atoms with van der Waals surface area (Å²) in [6, 6.07) is -0.457. The van der Waals surface area contributed by atoms with Gasteiger partial charge in [0.15, 0.2) is 12.0 Å². The third-order valence-corrected chi connectivity index (χ3v) is 2.48. The minimum atomic E-state index is -0.457. The highest BCUT2D eigenvalue weighted by molar-refractivity contribution is 5.84. The number of ether oxygens (including phenoxy) is 1. The van der Waals surface area contributed by atoms with Crippen LogP contribution in [0.1, 0.15) is 19.3 Å². The lowest BCUT2D eigenvalue weighted by Crippen LogP contribution is -2.37. The predicted molar refractivity (Wildman–Crippen MR) is 73.5 cm³/mol.